The summed E-state index contributed by atoms with van der Waals surface area (Å²) in [4.78, 5) is 23.5. The van der Waals surface area contributed by atoms with Gasteiger partial charge >= 0.3 is 5.69 Å². The summed E-state index contributed by atoms with van der Waals surface area (Å²) >= 11 is 7.01. The lowest BCUT2D eigenvalue weighted by Crippen LogP contribution is -2.18. The molecule has 0 atom stereocenters. The van der Waals surface area contributed by atoms with Gasteiger partial charge in [0.1, 0.15) is 5.82 Å². The van der Waals surface area contributed by atoms with Gasteiger partial charge in [0, 0.05) is 6.04 Å². The Kier molecular flexibility index (Phi) is 4.21. The molecule has 3 rings (SSSR count). The first kappa shape index (κ1) is 15.1. The average molecular weight is 343 g/mol. The first-order valence-corrected chi connectivity index (χ1v) is 7.95. The monoisotopic (exact) mass is 342 g/mol. The van der Waals surface area contributed by atoms with E-state index < -0.39 is 5.82 Å². The predicted molar refractivity (Wildman–Crippen MR) is 81.9 cm³/mol. The molecule has 2 aromatic rings. The number of anilines is 1. The minimum absolute atomic E-state index is 0.0741. The molecule has 0 radical (unpaired) electrons. The minimum atomic E-state index is -0.470. The zero-order valence-corrected chi connectivity index (χ0v) is 12.9. The molecular weight excluding hydrogens is 331 g/mol. The molecule has 1 amide bonds. The van der Waals surface area contributed by atoms with Crippen molar-refractivity contribution < 1.29 is 9.18 Å². The SMILES string of the molecule is O=C(CSc1n[nH]c(=O)n1C1CC1)Nc1ccc(F)cc1Cl. The Morgan fingerprint density at radius 2 is 2.32 bits per heavy atom. The Balaban J connectivity index is 1.62. The number of hydrogen-bond acceptors (Lipinski definition) is 4. The van der Waals surface area contributed by atoms with Gasteiger partial charge in [0.05, 0.1) is 16.5 Å². The lowest BCUT2D eigenvalue weighted by atomic mass is 10.3. The van der Waals surface area contributed by atoms with Crippen LogP contribution in [0.5, 0.6) is 0 Å². The highest BCUT2D eigenvalue weighted by atomic mass is 35.5. The zero-order valence-electron chi connectivity index (χ0n) is 11.3. The molecule has 0 spiro atoms. The summed E-state index contributed by atoms with van der Waals surface area (Å²) in [5, 5.41) is 9.53. The van der Waals surface area contributed by atoms with Gasteiger partial charge in [0.2, 0.25) is 5.91 Å². The van der Waals surface area contributed by atoms with Crippen LogP contribution in [0.1, 0.15) is 18.9 Å². The van der Waals surface area contributed by atoms with Crippen LogP contribution in [0.2, 0.25) is 5.02 Å². The number of hydrogen-bond donors (Lipinski definition) is 2. The Bertz CT molecular complexity index is 772. The number of aromatic nitrogens is 3. The van der Waals surface area contributed by atoms with Crippen LogP contribution in [0.4, 0.5) is 10.1 Å². The molecule has 0 aliphatic heterocycles. The molecule has 1 saturated carbocycles. The van der Waals surface area contributed by atoms with E-state index in [0.717, 1.165) is 30.7 Å². The molecular formula is C13H12ClFN4O2S. The lowest BCUT2D eigenvalue weighted by molar-refractivity contribution is -0.113. The quantitative estimate of drug-likeness (QED) is 0.818. The molecule has 0 bridgehead atoms. The molecule has 2 N–H and O–H groups in total. The number of nitrogens with one attached hydrogen (secondary N) is 2. The normalized spacial score (nSPS) is 14.1. The highest BCUT2D eigenvalue weighted by molar-refractivity contribution is 7.99. The van der Waals surface area contributed by atoms with Crippen LogP contribution in [0.15, 0.2) is 28.2 Å². The predicted octanol–water partition coefficient (Wildman–Crippen LogP) is 2.43. The number of nitrogens with zero attached hydrogens (tertiary/aromatic N) is 2. The van der Waals surface area contributed by atoms with Crippen LogP contribution in [0.3, 0.4) is 0 Å². The maximum absolute atomic E-state index is 12.9. The molecule has 1 heterocycles. The van der Waals surface area contributed by atoms with Crippen molar-refractivity contribution in [2.24, 2.45) is 0 Å². The van der Waals surface area contributed by atoms with Gasteiger partial charge in [-0.1, -0.05) is 23.4 Å². The first-order valence-electron chi connectivity index (χ1n) is 6.59. The molecule has 9 heteroatoms. The smallest absolute Gasteiger partial charge is 0.324 e. The molecule has 1 aromatic heterocycles. The van der Waals surface area contributed by atoms with E-state index in [-0.39, 0.29) is 28.4 Å². The number of rotatable bonds is 5. The summed E-state index contributed by atoms with van der Waals surface area (Å²) in [7, 11) is 0. The van der Waals surface area contributed by atoms with Gasteiger partial charge in [-0.2, -0.15) is 0 Å². The van der Waals surface area contributed by atoms with E-state index in [1.165, 1.54) is 12.1 Å². The van der Waals surface area contributed by atoms with E-state index in [1.807, 2.05) is 0 Å². The molecule has 22 heavy (non-hydrogen) atoms. The fourth-order valence-corrected chi connectivity index (χ4v) is 2.98. The van der Waals surface area contributed by atoms with Gasteiger partial charge in [0.15, 0.2) is 5.16 Å². The van der Waals surface area contributed by atoms with Crippen molar-refractivity contribution in [3.63, 3.8) is 0 Å². The lowest BCUT2D eigenvalue weighted by Gasteiger charge is -2.07. The number of thioether (sulfide) groups is 1. The molecule has 116 valence electrons. The van der Waals surface area contributed by atoms with E-state index >= 15 is 0 Å². The summed E-state index contributed by atoms with van der Waals surface area (Å²) in [6.07, 6.45) is 1.90. The maximum atomic E-state index is 12.9. The van der Waals surface area contributed by atoms with Crippen LogP contribution < -0.4 is 11.0 Å². The van der Waals surface area contributed by atoms with Crippen molar-refractivity contribution in [2.75, 3.05) is 11.1 Å². The standard InChI is InChI=1S/C13H12ClFN4O2S/c14-9-5-7(15)1-4-10(9)16-11(20)6-22-13-18-17-12(21)19(13)8-2-3-8/h1,4-5,8H,2-3,6H2,(H,16,20)(H,17,21). The van der Waals surface area contributed by atoms with Crippen LogP contribution in [0.25, 0.3) is 0 Å². The van der Waals surface area contributed by atoms with Gasteiger partial charge in [-0.25, -0.2) is 14.3 Å². The number of H-pyrrole nitrogens is 1. The van der Waals surface area contributed by atoms with Crippen LogP contribution >= 0.6 is 23.4 Å². The van der Waals surface area contributed by atoms with Gasteiger partial charge in [-0.3, -0.25) is 9.36 Å². The molecule has 1 aromatic carbocycles. The number of carbonyl (C=O) groups excluding carboxylic acids is 1. The molecule has 1 aliphatic rings. The summed E-state index contributed by atoms with van der Waals surface area (Å²) in [5.74, 6) is -0.705. The minimum Gasteiger partial charge on any atom is -0.324 e. The number of halogens is 2. The Hall–Kier alpha value is -1.80. The van der Waals surface area contributed by atoms with Crippen molar-refractivity contribution in [2.45, 2.75) is 24.0 Å². The third-order valence-electron chi connectivity index (χ3n) is 3.12. The summed E-state index contributed by atoms with van der Waals surface area (Å²) in [6, 6.07) is 3.92. The summed E-state index contributed by atoms with van der Waals surface area (Å²) in [6.45, 7) is 0. The van der Waals surface area contributed by atoms with Gasteiger partial charge < -0.3 is 5.32 Å². The van der Waals surface area contributed by atoms with Gasteiger partial charge in [0.25, 0.3) is 0 Å². The zero-order chi connectivity index (χ0) is 15.7. The highest BCUT2D eigenvalue weighted by Gasteiger charge is 2.28. The summed E-state index contributed by atoms with van der Waals surface area (Å²) < 4.78 is 14.5. The van der Waals surface area contributed by atoms with E-state index in [1.54, 1.807) is 4.57 Å². The molecule has 0 saturated heterocycles. The number of benzene rings is 1. The Labute approximate surface area is 134 Å². The van der Waals surface area contributed by atoms with Crippen LogP contribution in [-0.2, 0) is 4.79 Å². The van der Waals surface area contributed by atoms with E-state index in [9.17, 15) is 14.0 Å². The van der Waals surface area contributed by atoms with Crippen molar-refractivity contribution in [1.29, 1.82) is 0 Å². The maximum Gasteiger partial charge on any atom is 0.344 e. The fourth-order valence-electron chi connectivity index (χ4n) is 1.95. The second kappa shape index (κ2) is 6.13. The van der Waals surface area contributed by atoms with Gasteiger partial charge in [-0.05, 0) is 31.0 Å². The number of carbonyl (C=O) groups is 1. The third-order valence-corrected chi connectivity index (χ3v) is 4.39. The summed E-state index contributed by atoms with van der Waals surface area (Å²) in [5.41, 5.74) is 0.0854. The van der Waals surface area contributed by atoms with E-state index in [0.29, 0.717) is 10.8 Å². The number of aromatic amines is 1. The largest absolute Gasteiger partial charge is 0.344 e. The second-order valence-electron chi connectivity index (χ2n) is 4.87. The average Bonchev–Trinajstić information content (AvgIpc) is 3.23. The van der Waals surface area contributed by atoms with Crippen LogP contribution in [0, 0.1) is 5.82 Å². The van der Waals surface area contributed by atoms with Crippen molar-refractivity contribution in [1.82, 2.24) is 14.8 Å². The second-order valence-corrected chi connectivity index (χ2v) is 6.22. The Morgan fingerprint density at radius 3 is 3.00 bits per heavy atom. The number of amides is 1. The highest BCUT2D eigenvalue weighted by Crippen LogP contribution is 2.36. The fraction of sp³-hybridized carbons (Fsp3) is 0.308. The third kappa shape index (κ3) is 3.33. The first-order chi connectivity index (χ1) is 10.5. The van der Waals surface area contributed by atoms with Crippen molar-refractivity contribution in [3.8, 4) is 0 Å². The van der Waals surface area contributed by atoms with E-state index in [2.05, 4.69) is 15.5 Å². The van der Waals surface area contributed by atoms with Gasteiger partial charge in [-0.15, -0.1) is 5.10 Å². The Morgan fingerprint density at radius 1 is 1.55 bits per heavy atom. The van der Waals surface area contributed by atoms with E-state index in [4.69, 9.17) is 11.6 Å². The molecule has 1 aliphatic carbocycles. The van der Waals surface area contributed by atoms with Crippen LogP contribution in [-0.4, -0.2) is 26.4 Å². The van der Waals surface area contributed by atoms with Crippen molar-refractivity contribution >= 4 is 35.0 Å². The molecule has 1 fully saturated rings. The topological polar surface area (TPSA) is 79.8 Å². The molecule has 6 nitrogen and oxygen atoms in total. The van der Waals surface area contributed by atoms with Crippen molar-refractivity contribution in [3.05, 3.63) is 39.5 Å². The molecule has 0 unspecified atom stereocenters.